The standard InChI is InChI=1S/C19H20F4N4O4/c1-30-10-14(11-4-5-15(12(20)8-11)31-19(21,22)23)24-17(29)13-9-16(28)26-18(25-13)27-6-2-3-7-27/h4-5,8-9,14H,2-3,6-7,10H2,1H3,(H,24,29)(H,25,26,28)/t14-/m0/s1. The van der Waals surface area contributed by atoms with Crippen molar-refractivity contribution in [2.24, 2.45) is 0 Å². The Morgan fingerprint density at radius 2 is 2.00 bits per heavy atom. The molecule has 12 heteroatoms. The SMILES string of the molecule is COC[C@H](NC(=O)c1cc(=O)[nH]c(N2CCCC2)n1)c1ccc(OC(F)(F)F)c(F)c1. The summed E-state index contributed by atoms with van der Waals surface area (Å²) in [6.07, 6.45) is -3.16. The van der Waals surface area contributed by atoms with Crippen LogP contribution in [0.1, 0.15) is 34.9 Å². The van der Waals surface area contributed by atoms with Crippen molar-refractivity contribution >= 4 is 11.9 Å². The van der Waals surface area contributed by atoms with Crippen molar-refractivity contribution in [1.82, 2.24) is 15.3 Å². The van der Waals surface area contributed by atoms with Gasteiger partial charge < -0.3 is 19.7 Å². The highest BCUT2D eigenvalue weighted by atomic mass is 19.4. The molecule has 0 radical (unpaired) electrons. The second kappa shape index (κ2) is 9.33. The number of H-pyrrole nitrogens is 1. The zero-order valence-electron chi connectivity index (χ0n) is 16.5. The number of amides is 1. The summed E-state index contributed by atoms with van der Waals surface area (Å²) >= 11 is 0. The number of aromatic nitrogens is 2. The largest absolute Gasteiger partial charge is 0.573 e. The van der Waals surface area contributed by atoms with Crippen LogP contribution in [0.3, 0.4) is 0 Å². The molecule has 1 atom stereocenters. The van der Waals surface area contributed by atoms with E-state index in [-0.39, 0.29) is 23.8 Å². The van der Waals surface area contributed by atoms with Gasteiger partial charge in [0.25, 0.3) is 11.5 Å². The Bertz CT molecular complexity index is 990. The maximum atomic E-state index is 14.1. The van der Waals surface area contributed by atoms with Gasteiger partial charge in [-0.2, -0.15) is 0 Å². The van der Waals surface area contributed by atoms with Crippen LogP contribution in [0.15, 0.2) is 29.1 Å². The average Bonchev–Trinajstić information content (AvgIpc) is 3.22. The minimum Gasteiger partial charge on any atom is -0.403 e. The lowest BCUT2D eigenvalue weighted by atomic mass is 10.1. The molecule has 3 rings (SSSR count). The van der Waals surface area contributed by atoms with E-state index in [9.17, 15) is 27.2 Å². The van der Waals surface area contributed by atoms with Crippen LogP contribution in [0, 0.1) is 5.82 Å². The van der Waals surface area contributed by atoms with Crippen LogP contribution in [0.25, 0.3) is 0 Å². The van der Waals surface area contributed by atoms with Crippen molar-refractivity contribution in [3.8, 4) is 5.75 Å². The molecular formula is C19H20F4N4O4. The van der Waals surface area contributed by atoms with E-state index in [2.05, 4.69) is 20.0 Å². The highest BCUT2D eigenvalue weighted by Crippen LogP contribution is 2.28. The quantitative estimate of drug-likeness (QED) is 0.638. The van der Waals surface area contributed by atoms with Crippen molar-refractivity contribution < 1.29 is 31.8 Å². The molecule has 1 aromatic heterocycles. The maximum absolute atomic E-state index is 14.1. The van der Waals surface area contributed by atoms with Crippen molar-refractivity contribution in [3.05, 3.63) is 51.7 Å². The molecular weight excluding hydrogens is 424 g/mol. The van der Waals surface area contributed by atoms with Gasteiger partial charge in [0.15, 0.2) is 11.6 Å². The zero-order chi connectivity index (χ0) is 22.6. The van der Waals surface area contributed by atoms with Gasteiger partial charge in [-0.3, -0.25) is 14.6 Å². The second-order valence-corrected chi connectivity index (χ2v) is 6.87. The number of hydrogen-bond acceptors (Lipinski definition) is 6. The van der Waals surface area contributed by atoms with E-state index in [4.69, 9.17) is 4.74 Å². The first kappa shape index (κ1) is 22.5. The summed E-state index contributed by atoms with van der Waals surface area (Å²) in [6.45, 7) is 1.30. The summed E-state index contributed by atoms with van der Waals surface area (Å²) in [7, 11) is 1.34. The Kier molecular flexibility index (Phi) is 6.78. The fourth-order valence-corrected chi connectivity index (χ4v) is 3.20. The lowest BCUT2D eigenvalue weighted by Crippen LogP contribution is -2.34. The Balaban J connectivity index is 1.81. The third-order valence-corrected chi connectivity index (χ3v) is 4.59. The highest BCUT2D eigenvalue weighted by Gasteiger charge is 2.32. The normalized spacial score (nSPS) is 15.1. The Morgan fingerprint density at radius 3 is 2.61 bits per heavy atom. The molecule has 8 nitrogen and oxygen atoms in total. The summed E-state index contributed by atoms with van der Waals surface area (Å²) in [5.74, 6) is -2.69. The number of alkyl halides is 3. The summed E-state index contributed by atoms with van der Waals surface area (Å²) in [5.41, 5.74) is -0.513. The van der Waals surface area contributed by atoms with E-state index >= 15 is 0 Å². The third kappa shape index (κ3) is 5.94. The fourth-order valence-electron chi connectivity index (χ4n) is 3.20. The number of methoxy groups -OCH3 is 1. The molecule has 0 bridgehead atoms. The van der Waals surface area contributed by atoms with Crippen LogP contribution in [0.2, 0.25) is 0 Å². The Hall–Kier alpha value is -3.15. The van der Waals surface area contributed by atoms with Crippen molar-refractivity contribution in [2.45, 2.75) is 25.2 Å². The minimum absolute atomic E-state index is 0.104. The Morgan fingerprint density at radius 1 is 1.29 bits per heavy atom. The van der Waals surface area contributed by atoms with Gasteiger partial charge in [0.1, 0.15) is 5.69 Å². The topological polar surface area (TPSA) is 96.5 Å². The smallest absolute Gasteiger partial charge is 0.403 e. The lowest BCUT2D eigenvalue weighted by Gasteiger charge is -2.20. The lowest BCUT2D eigenvalue weighted by molar-refractivity contribution is -0.275. The first-order valence-corrected chi connectivity index (χ1v) is 9.37. The van der Waals surface area contributed by atoms with Gasteiger partial charge >= 0.3 is 6.36 Å². The summed E-state index contributed by atoms with van der Waals surface area (Å²) < 4.78 is 59.7. The predicted octanol–water partition coefficient (Wildman–Crippen LogP) is 2.53. The molecule has 1 amide bonds. The van der Waals surface area contributed by atoms with Gasteiger partial charge in [-0.05, 0) is 30.5 Å². The number of rotatable bonds is 7. The molecule has 0 spiro atoms. The number of anilines is 1. The van der Waals surface area contributed by atoms with Gasteiger partial charge in [-0.15, -0.1) is 13.2 Å². The molecule has 1 aromatic carbocycles. The number of nitrogens with one attached hydrogen (secondary N) is 2. The van der Waals surface area contributed by atoms with E-state index in [1.54, 1.807) is 0 Å². The van der Waals surface area contributed by atoms with Crippen molar-refractivity contribution in [1.29, 1.82) is 0 Å². The number of halogens is 4. The number of ether oxygens (including phenoxy) is 2. The number of aromatic amines is 1. The van der Waals surface area contributed by atoms with Crippen LogP contribution >= 0.6 is 0 Å². The third-order valence-electron chi connectivity index (χ3n) is 4.59. The van der Waals surface area contributed by atoms with Crippen LogP contribution in [0.5, 0.6) is 5.75 Å². The van der Waals surface area contributed by atoms with E-state index in [1.165, 1.54) is 13.2 Å². The predicted molar refractivity (Wildman–Crippen MR) is 101 cm³/mol. The number of carbonyl (C=O) groups is 1. The van der Waals surface area contributed by atoms with E-state index in [0.717, 1.165) is 31.0 Å². The molecule has 1 aliphatic rings. The number of benzene rings is 1. The molecule has 31 heavy (non-hydrogen) atoms. The van der Waals surface area contributed by atoms with Crippen LogP contribution in [0.4, 0.5) is 23.5 Å². The molecule has 0 aliphatic carbocycles. The second-order valence-electron chi connectivity index (χ2n) is 6.87. The zero-order valence-corrected chi connectivity index (χ0v) is 16.5. The molecule has 0 saturated carbocycles. The monoisotopic (exact) mass is 444 g/mol. The number of carbonyl (C=O) groups excluding carboxylic acids is 1. The number of nitrogens with zero attached hydrogens (tertiary/aromatic N) is 2. The molecule has 0 unspecified atom stereocenters. The summed E-state index contributed by atoms with van der Waals surface area (Å²) in [5, 5.41) is 2.56. The summed E-state index contributed by atoms with van der Waals surface area (Å²) in [4.78, 5) is 33.3. The van der Waals surface area contributed by atoms with Crippen molar-refractivity contribution in [2.75, 3.05) is 31.7 Å². The van der Waals surface area contributed by atoms with Crippen molar-refractivity contribution in [3.63, 3.8) is 0 Å². The molecule has 168 valence electrons. The van der Waals surface area contributed by atoms with Crippen LogP contribution in [-0.4, -0.2) is 49.0 Å². The molecule has 1 saturated heterocycles. The first-order valence-electron chi connectivity index (χ1n) is 9.37. The van der Waals surface area contributed by atoms with E-state index in [1.807, 2.05) is 4.90 Å². The fraction of sp³-hybridized carbons (Fsp3) is 0.421. The Labute approximate surface area is 174 Å². The van der Waals surface area contributed by atoms with Gasteiger partial charge in [-0.1, -0.05) is 6.07 Å². The maximum Gasteiger partial charge on any atom is 0.573 e. The average molecular weight is 444 g/mol. The molecule has 1 fully saturated rings. The van der Waals surface area contributed by atoms with E-state index < -0.39 is 35.4 Å². The summed E-state index contributed by atoms with van der Waals surface area (Å²) in [6, 6.07) is 2.91. The van der Waals surface area contributed by atoms with Gasteiger partial charge in [0.2, 0.25) is 5.95 Å². The van der Waals surface area contributed by atoms with Crippen LogP contribution < -0.4 is 20.5 Å². The molecule has 2 heterocycles. The number of hydrogen-bond donors (Lipinski definition) is 2. The molecule has 2 aromatic rings. The minimum atomic E-state index is -5.04. The van der Waals surface area contributed by atoms with Gasteiger partial charge in [-0.25, -0.2) is 9.37 Å². The molecule has 1 aliphatic heterocycles. The highest BCUT2D eigenvalue weighted by molar-refractivity contribution is 5.92. The van der Waals surface area contributed by atoms with E-state index in [0.29, 0.717) is 13.1 Å². The van der Waals surface area contributed by atoms with Gasteiger partial charge in [0.05, 0.1) is 12.6 Å². The molecule has 2 N–H and O–H groups in total. The first-order chi connectivity index (χ1) is 14.7. The van der Waals surface area contributed by atoms with Crippen LogP contribution in [-0.2, 0) is 4.74 Å². The van der Waals surface area contributed by atoms with Gasteiger partial charge in [0, 0.05) is 26.3 Å².